The predicted octanol–water partition coefficient (Wildman–Crippen LogP) is 2.22. The normalized spacial score (nSPS) is 11.9. The average molecular weight is 450 g/mol. The zero-order chi connectivity index (χ0) is 23.9. The number of hydrogen-bond donors (Lipinski definition) is 2. The number of benzene rings is 1. The second-order valence-corrected chi connectivity index (χ2v) is 7.33. The molecule has 4 rings (SSSR count). The molecule has 0 aliphatic carbocycles. The second kappa shape index (κ2) is 10.3. The van der Waals surface area contributed by atoms with E-state index >= 15 is 0 Å². The zero-order valence-electron chi connectivity index (χ0n) is 18.6. The molecule has 34 heavy (non-hydrogen) atoms. The van der Waals surface area contributed by atoms with Crippen LogP contribution < -0.4 is 21.6 Å². The Balaban J connectivity index is 1.91. The Labute approximate surface area is 196 Å². The molecular formula is C26H23N7O. The third kappa shape index (κ3) is 5.02. The summed E-state index contributed by atoms with van der Waals surface area (Å²) in [5, 5.41) is 4.70. The minimum Gasteiger partial charge on any atom is -0.364 e. The molecular weight excluding hydrogens is 426 g/mol. The highest BCUT2D eigenvalue weighted by Gasteiger charge is 2.12. The van der Waals surface area contributed by atoms with Crippen LogP contribution in [-0.2, 0) is 6.54 Å². The van der Waals surface area contributed by atoms with Gasteiger partial charge in [-0.15, -0.1) is 0 Å². The van der Waals surface area contributed by atoms with Crippen LogP contribution in [0.1, 0.15) is 28.8 Å². The quantitative estimate of drug-likeness (QED) is 0.444. The monoisotopic (exact) mass is 449 g/mol. The molecule has 1 aromatic carbocycles. The number of amides is 1. The summed E-state index contributed by atoms with van der Waals surface area (Å²) in [6.07, 6.45) is 8.67. The number of nitrogens with one attached hydrogen (secondary N) is 1. The molecule has 0 saturated heterocycles. The lowest BCUT2D eigenvalue weighted by Gasteiger charge is -2.12. The van der Waals surface area contributed by atoms with Crippen LogP contribution in [0.5, 0.6) is 0 Å². The standard InChI is InChI=1S/C26H23N7O/c1-3-9-21(18-10-5-4-6-11-18)22-17(2)32-24(19-14-29-26(23(27)34)30-15-19)33-25(22)31-16-20-12-7-8-13-28-20/h3-15H,2,16H2,1H3,(H2,27,34)(H,31,32,33)/b9-3-,22-21-. The summed E-state index contributed by atoms with van der Waals surface area (Å²) in [4.78, 5) is 33.1. The first-order chi connectivity index (χ1) is 16.6. The SMILES string of the molecule is C=c1nc(-c2cnc(C(N)=O)nc2)nc(NCc2ccccn2)/c1=C(/C=C\C)c1ccccc1. The molecule has 168 valence electrons. The summed E-state index contributed by atoms with van der Waals surface area (Å²) in [7, 11) is 0. The maximum absolute atomic E-state index is 11.3. The lowest BCUT2D eigenvalue weighted by atomic mass is 10.0. The van der Waals surface area contributed by atoms with Gasteiger partial charge in [0.25, 0.3) is 5.91 Å². The number of primary amides is 1. The van der Waals surface area contributed by atoms with Gasteiger partial charge in [0.05, 0.1) is 23.2 Å². The minimum atomic E-state index is -0.702. The number of allylic oxidation sites excluding steroid dienone is 2. The smallest absolute Gasteiger partial charge is 0.286 e. The summed E-state index contributed by atoms with van der Waals surface area (Å²) < 4.78 is 0. The van der Waals surface area contributed by atoms with Gasteiger partial charge in [-0.05, 0) is 30.2 Å². The number of aromatic nitrogens is 5. The van der Waals surface area contributed by atoms with Crippen LogP contribution in [0.15, 0.2) is 79.3 Å². The molecule has 3 N–H and O–H groups in total. The van der Waals surface area contributed by atoms with Crippen molar-refractivity contribution in [3.63, 3.8) is 0 Å². The first kappa shape index (κ1) is 22.5. The third-order valence-electron chi connectivity index (χ3n) is 4.96. The van der Waals surface area contributed by atoms with E-state index in [9.17, 15) is 4.79 Å². The number of hydrogen-bond acceptors (Lipinski definition) is 7. The van der Waals surface area contributed by atoms with Gasteiger partial charge >= 0.3 is 0 Å². The van der Waals surface area contributed by atoms with Crippen LogP contribution >= 0.6 is 0 Å². The number of carbonyl (C=O) groups is 1. The fourth-order valence-corrected chi connectivity index (χ4v) is 3.40. The molecule has 0 bridgehead atoms. The summed E-state index contributed by atoms with van der Waals surface area (Å²) >= 11 is 0. The number of anilines is 1. The highest BCUT2D eigenvalue weighted by atomic mass is 16.1. The molecule has 8 heteroatoms. The number of pyridine rings is 1. The second-order valence-electron chi connectivity index (χ2n) is 7.33. The molecule has 0 radical (unpaired) electrons. The van der Waals surface area contributed by atoms with E-state index in [0.717, 1.165) is 22.0 Å². The Kier molecular flexibility index (Phi) is 6.78. The summed E-state index contributed by atoms with van der Waals surface area (Å²) in [6, 6.07) is 15.7. The van der Waals surface area contributed by atoms with Gasteiger partial charge in [-0.3, -0.25) is 9.78 Å². The largest absolute Gasteiger partial charge is 0.364 e. The summed E-state index contributed by atoms with van der Waals surface area (Å²) in [5.41, 5.74) is 8.60. The van der Waals surface area contributed by atoms with E-state index in [1.165, 1.54) is 12.4 Å². The molecule has 8 nitrogen and oxygen atoms in total. The molecule has 1 amide bonds. The molecule has 3 heterocycles. The van der Waals surface area contributed by atoms with Crippen molar-refractivity contribution in [1.82, 2.24) is 24.9 Å². The Morgan fingerprint density at radius 1 is 1.03 bits per heavy atom. The van der Waals surface area contributed by atoms with Crippen molar-refractivity contribution in [1.29, 1.82) is 0 Å². The third-order valence-corrected chi connectivity index (χ3v) is 4.96. The highest BCUT2D eigenvalue weighted by molar-refractivity contribution is 5.88. The van der Waals surface area contributed by atoms with Crippen LogP contribution in [0.2, 0.25) is 0 Å². The number of nitrogens with two attached hydrogens (primary N) is 1. The van der Waals surface area contributed by atoms with Crippen molar-refractivity contribution < 1.29 is 4.79 Å². The fourth-order valence-electron chi connectivity index (χ4n) is 3.40. The van der Waals surface area contributed by atoms with Crippen molar-refractivity contribution in [3.8, 4) is 11.4 Å². The van der Waals surface area contributed by atoms with E-state index in [0.29, 0.717) is 29.1 Å². The molecule has 0 aliphatic heterocycles. The first-order valence-electron chi connectivity index (χ1n) is 10.6. The number of carbonyl (C=O) groups excluding carboxylic acids is 1. The van der Waals surface area contributed by atoms with Crippen LogP contribution in [-0.4, -0.2) is 30.8 Å². The topological polar surface area (TPSA) is 120 Å². The van der Waals surface area contributed by atoms with Gasteiger partial charge in [-0.2, -0.15) is 0 Å². The van der Waals surface area contributed by atoms with Crippen molar-refractivity contribution in [2.75, 3.05) is 5.32 Å². The summed E-state index contributed by atoms with van der Waals surface area (Å²) in [6.45, 7) is 6.64. The van der Waals surface area contributed by atoms with Crippen molar-refractivity contribution in [3.05, 3.63) is 107 Å². The molecule has 3 aromatic heterocycles. The number of nitrogens with zero attached hydrogens (tertiary/aromatic N) is 5. The van der Waals surface area contributed by atoms with Gasteiger partial charge in [0.1, 0.15) is 5.82 Å². The van der Waals surface area contributed by atoms with Crippen LogP contribution in [0, 0.1) is 0 Å². The Bertz CT molecular complexity index is 1430. The highest BCUT2D eigenvalue weighted by Crippen LogP contribution is 2.16. The maximum atomic E-state index is 11.3. The van der Waals surface area contributed by atoms with Crippen LogP contribution in [0.3, 0.4) is 0 Å². The van der Waals surface area contributed by atoms with Gasteiger partial charge in [0, 0.05) is 23.8 Å². The van der Waals surface area contributed by atoms with E-state index in [-0.39, 0.29) is 5.82 Å². The molecule has 0 fully saturated rings. The van der Waals surface area contributed by atoms with Gasteiger partial charge in [0.2, 0.25) is 5.82 Å². The van der Waals surface area contributed by atoms with Crippen molar-refractivity contribution in [2.45, 2.75) is 13.5 Å². The van der Waals surface area contributed by atoms with E-state index in [1.807, 2.05) is 67.6 Å². The van der Waals surface area contributed by atoms with Crippen molar-refractivity contribution >= 4 is 23.9 Å². The molecule has 0 aliphatic rings. The molecule has 0 atom stereocenters. The first-order valence-corrected chi connectivity index (χ1v) is 10.6. The fraction of sp³-hybridized carbons (Fsp3) is 0.0769. The minimum absolute atomic E-state index is 0.0727. The van der Waals surface area contributed by atoms with Crippen LogP contribution in [0.4, 0.5) is 5.82 Å². The van der Waals surface area contributed by atoms with E-state index in [4.69, 9.17) is 10.7 Å². The lowest BCUT2D eigenvalue weighted by molar-refractivity contribution is 0.0990. The predicted molar refractivity (Wildman–Crippen MR) is 132 cm³/mol. The van der Waals surface area contributed by atoms with Crippen molar-refractivity contribution in [2.24, 2.45) is 5.73 Å². The van der Waals surface area contributed by atoms with E-state index < -0.39 is 5.91 Å². The average Bonchev–Trinajstić information content (AvgIpc) is 2.87. The van der Waals surface area contributed by atoms with Gasteiger partial charge < -0.3 is 11.1 Å². The Morgan fingerprint density at radius 2 is 1.76 bits per heavy atom. The summed E-state index contributed by atoms with van der Waals surface area (Å²) in [5.74, 6) is 0.195. The lowest BCUT2D eigenvalue weighted by Crippen LogP contribution is -2.34. The Hall–Kier alpha value is -4.72. The molecule has 0 saturated carbocycles. The molecule has 0 spiro atoms. The number of rotatable bonds is 7. The van der Waals surface area contributed by atoms with Crippen LogP contribution in [0.25, 0.3) is 23.5 Å². The maximum Gasteiger partial charge on any atom is 0.286 e. The van der Waals surface area contributed by atoms with E-state index in [1.54, 1.807) is 6.20 Å². The molecule has 0 unspecified atom stereocenters. The van der Waals surface area contributed by atoms with Gasteiger partial charge in [-0.1, -0.05) is 55.1 Å². The molecule has 4 aromatic rings. The zero-order valence-corrected chi connectivity index (χ0v) is 18.6. The Morgan fingerprint density at radius 3 is 2.41 bits per heavy atom. The van der Waals surface area contributed by atoms with Gasteiger partial charge in [0.15, 0.2) is 5.82 Å². The van der Waals surface area contributed by atoms with E-state index in [2.05, 4.69) is 31.8 Å². The van der Waals surface area contributed by atoms with Gasteiger partial charge in [-0.25, -0.2) is 19.9 Å².